The molecule has 0 heterocycles. The van der Waals surface area contributed by atoms with Gasteiger partial charge in [-0.05, 0) is 17.5 Å². The molecule has 2 rings (SSSR count). The summed E-state index contributed by atoms with van der Waals surface area (Å²) < 4.78 is 0. The fourth-order valence-corrected chi connectivity index (χ4v) is 2.23. The smallest absolute Gasteiger partial charge is 0.220 e. The van der Waals surface area contributed by atoms with Crippen molar-refractivity contribution in [2.75, 3.05) is 0 Å². The molecule has 0 aliphatic heterocycles. The Labute approximate surface area is 101 Å². The van der Waals surface area contributed by atoms with Gasteiger partial charge in [-0.25, -0.2) is 0 Å². The first-order chi connectivity index (χ1) is 8.22. The van der Waals surface area contributed by atoms with E-state index in [9.17, 15) is 9.90 Å². The van der Waals surface area contributed by atoms with E-state index in [-0.39, 0.29) is 11.9 Å². The van der Waals surface area contributed by atoms with Gasteiger partial charge < -0.3 is 10.4 Å². The molecule has 0 saturated heterocycles. The third-order valence-electron chi connectivity index (χ3n) is 3.10. The van der Waals surface area contributed by atoms with Crippen molar-refractivity contribution >= 4 is 5.91 Å². The third-order valence-corrected chi connectivity index (χ3v) is 3.10. The first-order valence-corrected chi connectivity index (χ1v) is 5.88. The van der Waals surface area contributed by atoms with Crippen LogP contribution in [0.2, 0.25) is 0 Å². The minimum Gasteiger partial charge on any atom is -0.390 e. The van der Waals surface area contributed by atoms with Gasteiger partial charge in [0.15, 0.2) is 0 Å². The molecule has 2 N–H and O–H groups in total. The lowest BCUT2D eigenvalue weighted by molar-refractivity contribution is -0.122. The summed E-state index contributed by atoms with van der Waals surface area (Å²) in [4.78, 5) is 11.6. The molecule has 90 valence electrons. The minimum absolute atomic E-state index is 0.0364. The van der Waals surface area contributed by atoms with Crippen molar-refractivity contribution in [3.8, 4) is 0 Å². The van der Waals surface area contributed by atoms with E-state index in [4.69, 9.17) is 0 Å². The van der Waals surface area contributed by atoms with Gasteiger partial charge in [0.1, 0.15) is 0 Å². The Kier molecular flexibility index (Phi) is 3.59. The van der Waals surface area contributed by atoms with Crippen molar-refractivity contribution in [2.24, 2.45) is 0 Å². The van der Waals surface area contributed by atoms with Gasteiger partial charge in [-0.15, -0.1) is 6.58 Å². The first-order valence-electron chi connectivity index (χ1n) is 5.88. The molecule has 3 nitrogen and oxygen atoms in total. The zero-order valence-corrected chi connectivity index (χ0v) is 9.73. The van der Waals surface area contributed by atoms with Gasteiger partial charge in [0.05, 0.1) is 12.1 Å². The number of carbonyl (C=O) groups is 1. The lowest BCUT2D eigenvalue weighted by Gasteiger charge is -2.17. The van der Waals surface area contributed by atoms with Crippen LogP contribution < -0.4 is 5.32 Å². The molecule has 1 aromatic carbocycles. The standard InChI is InChI=1S/C14H17NO2/c1-2-3-8-13(17)15-14-11-7-5-4-6-10(11)9-12(14)16/h2,4-7,12,14,16H,1,3,8-9H2,(H,15,17)/t12-,14+/m1/s1. The van der Waals surface area contributed by atoms with Crippen molar-refractivity contribution in [3.63, 3.8) is 0 Å². The van der Waals surface area contributed by atoms with E-state index in [1.807, 2.05) is 24.3 Å². The number of nitrogens with one attached hydrogen (secondary N) is 1. The predicted octanol–water partition coefficient (Wildman–Crippen LogP) is 1.73. The van der Waals surface area contributed by atoms with Crippen LogP contribution in [0.5, 0.6) is 0 Å². The Hall–Kier alpha value is -1.61. The van der Waals surface area contributed by atoms with Crippen LogP contribution in [0.3, 0.4) is 0 Å². The second kappa shape index (κ2) is 5.15. The molecule has 0 saturated carbocycles. The molecular weight excluding hydrogens is 214 g/mol. The molecule has 1 amide bonds. The van der Waals surface area contributed by atoms with Gasteiger partial charge in [-0.1, -0.05) is 30.3 Å². The normalized spacial score (nSPS) is 21.9. The maximum absolute atomic E-state index is 11.6. The highest BCUT2D eigenvalue weighted by molar-refractivity contribution is 5.76. The van der Waals surface area contributed by atoms with Crippen LogP contribution in [0.25, 0.3) is 0 Å². The number of hydrogen-bond acceptors (Lipinski definition) is 2. The summed E-state index contributed by atoms with van der Waals surface area (Å²) in [6.45, 7) is 3.59. The number of allylic oxidation sites excluding steroid dienone is 1. The van der Waals surface area contributed by atoms with E-state index in [0.717, 1.165) is 11.1 Å². The summed E-state index contributed by atoms with van der Waals surface area (Å²) in [5.41, 5.74) is 2.15. The van der Waals surface area contributed by atoms with Gasteiger partial charge >= 0.3 is 0 Å². The van der Waals surface area contributed by atoms with Crippen molar-refractivity contribution in [1.29, 1.82) is 0 Å². The quantitative estimate of drug-likeness (QED) is 0.775. The molecule has 1 aliphatic rings. The lowest BCUT2D eigenvalue weighted by Crippen LogP contribution is -2.33. The van der Waals surface area contributed by atoms with Crippen LogP contribution in [0.1, 0.15) is 30.0 Å². The van der Waals surface area contributed by atoms with E-state index in [2.05, 4.69) is 11.9 Å². The van der Waals surface area contributed by atoms with Crippen molar-refractivity contribution < 1.29 is 9.90 Å². The number of hydrogen-bond donors (Lipinski definition) is 2. The average Bonchev–Trinajstić information content (AvgIpc) is 2.64. The Morgan fingerprint density at radius 3 is 3.06 bits per heavy atom. The van der Waals surface area contributed by atoms with E-state index in [1.165, 1.54) is 0 Å². The second-order valence-electron chi connectivity index (χ2n) is 4.34. The Morgan fingerprint density at radius 2 is 2.29 bits per heavy atom. The Balaban J connectivity index is 2.06. The first kappa shape index (κ1) is 11.9. The van der Waals surface area contributed by atoms with Crippen LogP contribution in [0, 0.1) is 0 Å². The van der Waals surface area contributed by atoms with Crippen LogP contribution in [0.4, 0.5) is 0 Å². The molecule has 0 fully saturated rings. The number of aliphatic hydroxyl groups excluding tert-OH is 1. The average molecular weight is 231 g/mol. The van der Waals surface area contributed by atoms with Crippen LogP contribution in [-0.4, -0.2) is 17.1 Å². The molecule has 1 aromatic rings. The van der Waals surface area contributed by atoms with E-state index in [0.29, 0.717) is 19.3 Å². The fourth-order valence-electron chi connectivity index (χ4n) is 2.23. The highest BCUT2D eigenvalue weighted by Crippen LogP contribution is 2.31. The highest BCUT2D eigenvalue weighted by atomic mass is 16.3. The summed E-state index contributed by atoms with van der Waals surface area (Å²) in [5.74, 6) is -0.0364. The zero-order valence-electron chi connectivity index (χ0n) is 9.73. The van der Waals surface area contributed by atoms with Crippen LogP contribution >= 0.6 is 0 Å². The number of rotatable bonds is 4. The molecule has 1 aliphatic carbocycles. The number of aliphatic hydroxyl groups is 1. The number of fused-ring (bicyclic) bond motifs is 1. The van der Waals surface area contributed by atoms with E-state index >= 15 is 0 Å². The summed E-state index contributed by atoms with van der Waals surface area (Å²) in [6.07, 6.45) is 2.91. The Morgan fingerprint density at radius 1 is 1.53 bits per heavy atom. The van der Waals surface area contributed by atoms with Gasteiger partial charge in [-0.3, -0.25) is 4.79 Å². The number of amides is 1. The number of carbonyl (C=O) groups excluding carboxylic acids is 1. The van der Waals surface area contributed by atoms with Crippen molar-refractivity contribution in [1.82, 2.24) is 5.32 Å². The zero-order chi connectivity index (χ0) is 12.3. The van der Waals surface area contributed by atoms with Crippen LogP contribution in [0.15, 0.2) is 36.9 Å². The SMILES string of the molecule is C=CCCC(=O)N[C@H]1c2ccccc2C[C@H]1O. The maximum Gasteiger partial charge on any atom is 0.220 e. The summed E-state index contributed by atoms with van der Waals surface area (Å²) in [5, 5.41) is 12.8. The Bertz CT molecular complexity index is 428. The van der Waals surface area contributed by atoms with Crippen molar-refractivity contribution in [3.05, 3.63) is 48.0 Å². The molecule has 2 atom stereocenters. The molecule has 17 heavy (non-hydrogen) atoms. The molecule has 0 spiro atoms. The summed E-state index contributed by atoms with van der Waals surface area (Å²) in [6, 6.07) is 7.58. The van der Waals surface area contributed by atoms with Gasteiger partial charge in [-0.2, -0.15) is 0 Å². The molecule has 0 unspecified atom stereocenters. The van der Waals surface area contributed by atoms with Gasteiger partial charge in [0, 0.05) is 12.8 Å². The molecule has 0 radical (unpaired) electrons. The third kappa shape index (κ3) is 2.56. The highest BCUT2D eigenvalue weighted by Gasteiger charge is 2.31. The fraction of sp³-hybridized carbons (Fsp3) is 0.357. The monoisotopic (exact) mass is 231 g/mol. The summed E-state index contributed by atoms with van der Waals surface area (Å²) >= 11 is 0. The van der Waals surface area contributed by atoms with E-state index < -0.39 is 6.10 Å². The largest absolute Gasteiger partial charge is 0.390 e. The molecule has 3 heteroatoms. The molecule has 0 bridgehead atoms. The maximum atomic E-state index is 11.6. The van der Waals surface area contributed by atoms with Gasteiger partial charge in [0.25, 0.3) is 0 Å². The second-order valence-corrected chi connectivity index (χ2v) is 4.34. The molecular formula is C14H17NO2. The molecule has 0 aromatic heterocycles. The van der Waals surface area contributed by atoms with Gasteiger partial charge in [0.2, 0.25) is 5.91 Å². The summed E-state index contributed by atoms with van der Waals surface area (Å²) in [7, 11) is 0. The van der Waals surface area contributed by atoms with E-state index in [1.54, 1.807) is 6.08 Å². The van der Waals surface area contributed by atoms with Crippen LogP contribution in [-0.2, 0) is 11.2 Å². The number of benzene rings is 1. The van der Waals surface area contributed by atoms with Crippen molar-refractivity contribution in [2.45, 2.75) is 31.4 Å². The predicted molar refractivity (Wildman–Crippen MR) is 66.5 cm³/mol. The topological polar surface area (TPSA) is 49.3 Å². The lowest BCUT2D eigenvalue weighted by atomic mass is 10.1. The minimum atomic E-state index is -0.514.